The van der Waals surface area contributed by atoms with Crippen molar-refractivity contribution >= 4 is 11.6 Å². The van der Waals surface area contributed by atoms with Gasteiger partial charge < -0.3 is 15.3 Å². The summed E-state index contributed by atoms with van der Waals surface area (Å²) in [4.78, 5) is 9.95. The van der Waals surface area contributed by atoms with Crippen molar-refractivity contribution in [3.8, 4) is 0 Å². The second-order valence-electron chi connectivity index (χ2n) is 4.37. The monoisotopic (exact) mass is 288 g/mol. The van der Waals surface area contributed by atoms with Gasteiger partial charge in [0.1, 0.15) is 17.5 Å². The third-order valence-corrected chi connectivity index (χ3v) is 2.68. The highest BCUT2D eigenvalue weighted by molar-refractivity contribution is 5.49. The van der Waals surface area contributed by atoms with Crippen LogP contribution in [0.4, 0.5) is 20.4 Å². The van der Waals surface area contributed by atoms with E-state index >= 15 is 0 Å². The minimum Gasteiger partial charge on any atom is -0.395 e. The third kappa shape index (κ3) is 5.24. The molecule has 5 nitrogen and oxygen atoms in total. The summed E-state index contributed by atoms with van der Waals surface area (Å²) in [5.74, 6) is 1.65. The zero-order chi connectivity index (χ0) is 15.0. The average molecular weight is 288 g/mol. The van der Waals surface area contributed by atoms with Gasteiger partial charge in [0.05, 0.1) is 13.2 Å². The second kappa shape index (κ2) is 8.63. The number of alkyl halides is 2. The quantitative estimate of drug-likeness (QED) is 0.727. The molecule has 0 atom stereocenters. The smallest absolute Gasteiger partial charge is 0.255 e. The number of aryl methyl sites for hydroxylation is 1. The molecule has 20 heavy (non-hydrogen) atoms. The van der Waals surface area contributed by atoms with Crippen molar-refractivity contribution in [2.24, 2.45) is 0 Å². The number of nitrogens with one attached hydrogen (secondary N) is 1. The van der Waals surface area contributed by atoms with Crippen LogP contribution in [0.1, 0.15) is 26.1 Å². The van der Waals surface area contributed by atoms with E-state index < -0.39 is 13.0 Å². The minimum atomic E-state index is -2.48. The Morgan fingerprint density at radius 3 is 2.65 bits per heavy atom. The average Bonchev–Trinajstić information content (AvgIpc) is 2.43. The Labute approximate surface area is 118 Å². The van der Waals surface area contributed by atoms with Crippen molar-refractivity contribution in [2.45, 2.75) is 33.1 Å². The van der Waals surface area contributed by atoms with Gasteiger partial charge in [-0.2, -0.15) is 0 Å². The molecule has 2 N–H and O–H groups in total. The summed E-state index contributed by atoms with van der Waals surface area (Å²) in [6.07, 6.45) is -0.914. The molecule has 0 bridgehead atoms. The number of halogens is 2. The maximum atomic E-state index is 12.6. The number of rotatable bonds is 9. The molecule has 1 aromatic rings. The van der Waals surface area contributed by atoms with Gasteiger partial charge >= 0.3 is 0 Å². The standard InChI is InChI=1S/C13H22F2N4O/c1-3-5-16-12-8-13(18-11(4-2)17-12)19(6-7-20)9-10(14)15/h8,10,20H,3-7,9H2,1-2H3,(H,16,17,18). The maximum Gasteiger partial charge on any atom is 0.255 e. The van der Waals surface area contributed by atoms with Crippen LogP contribution in [0.15, 0.2) is 6.07 Å². The molecule has 0 saturated carbocycles. The lowest BCUT2D eigenvalue weighted by molar-refractivity contribution is 0.152. The molecule has 1 aromatic heterocycles. The first kappa shape index (κ1) is 16.6. The third-order valence-electron chi connectivity index (χ3n) is 2.68. The van der Waals surface area contributed by atoms with Crippen LogP contribution in [-0.4, -0.2) is 47.7 Å². The lowest BCUT2D eigenvalue weighted by Crippen LogP contribution is -2.32. The molecule has 0 amide bonds. The molecule has 7 heteroatoms. The van der Waals surface area contributed by atoms with E-state index in [1.54, 1.807) is 6.07 Å². The van der Waals surface area contributed by atoms with Gasteiger partial charge in [-0.05, 0) is 6.42 Å². The van der Waals surface area contributed by atoms with Crippen LogP contribution in [0.25, 0.3) is 0 Å². The lowest BCUT2D eigenvalue weighted by Gasteiger charge is -2.23. The Balaban J connectivity index is 2.98. The fraction of sp³-hybridized carbons (Fsp3) is 0.692. The molecule has 0 aromatic carbocycles. The van der Waals surface area contributed by atoms with Crippen LogP contribution < -0.4 is 10.2 Å². The van der Waals surface area contributed by atoms with Gasteiger partial charge in [0.2, 0.25) is 0 Å². The van der Waals surface area contributed by atoms with E-state index in [0.717, 1.165) is 13.0 Å². The number of nitrogens with zero attached hydrogens (tertiary/aromatic N) is 3. The highest BCUT2D eigenvalue weighted by Gasteiger charge is 2.15. The van der Waals surface area contributed by atoms with E-state index in [0.29, 0.717) is 23.9 Å². The molecular weight excluding hydrogens is 266 g/mol. The predicted octanol–water partition coefficient (Wildman–Crippen LogP) is 1.92. The number of anilines is 2. The number of aromatic nitrogens is 2. The molecule has 1 heterocycles. The van der Waals surface area contributed by atoms with Gasteiger partial charge in [0.15, 0.2) is 0 Å². The Morgan fingerprint density at radius 2 is 2.10 bits per heavy atom. The molecule has 0 aliphatic carbocycles. The van der Waals surface area contributed by atoms with Crippen molar-refractivity contribution in [3.63, 3.8) is 0 Å². The Kier molecular flexibility index (Phi) is 7.14. The van der Waals surface area contributed by atoms with E-state index in [1.165, 1.54) is 4.90 Å². The molecule has 0 fully saturated rings. The fourth-order valence-corrected chi connectivity index (χ4v) is 1.73. The fourth-order valence-electron chi connectivity index (χ4n) is 1.73. The van der Waals surface area contributed by atoms with Crippen LogP contribution in [0, 0.1) is 0 Å². The van der Waals surface area contributed by atoms with E-state index in [9.17, 15) is 8.78 Å². The highest BCUT2D eigenvalue weighted by Crippen LogP contribution is 2.17. The highest BCUT2D eigenvalue weighted by atomic mass is 19.3. The minimum absolute atomic E-state index is 0.123. The molecule has 0 radical (unpaired) electrons. The first-order chi connectivity index (χ1) is 9.60. The summed E-state index contributed by atoms with van der Waals surface area (Å²) in [6, 6.07) is 1.65. The molecular formula is C13H22F2N4O. The number of hydrogen-bond donors (Lipinski definition) is 2. The summed E-state index contributed by atoms with van der Waals surface area (Å²) in [7, 11) is 0. The zero-order valence-electron chi connectivity index (χ0n) is 11.9. The van der Waals surface area contributed by atoms with E-state index in [2.05, 4.69) is 15.3 Å². The summed E-state index contributed by atoms with van der Waals surface area (Å²) in [5, 5.41) is 12.1. The maximum absolute atomic E-state index is 12.6. The first-order valence-electron chi connectivity index (χ1n) is 6.86. The summed E-state index contributed by atoms with van der Waals surface area (Å²) in [5.41, 5.74) is 0. The molecule has 0 aliphatic rings. The topological polar surface area (TPSA) is 61.3 Å². The van der Waals surface area contributed by atoms with Crippen LogP contribution in [-0.2, 0) is 6.42 Å². The molecule has 0 unspecified atom stereocenters. The molecule has 0 spiro atoms. The van der Waals surface area contributed by atoms with E-state index in [-0.39, 0.29) is 13.2 Å². The van der Waals surface area contributed by atoms with Gasteiger partial charge in [-0.25, -0.2) is 18.7 Å². The SMILES string of the molecule is CCCNc1cc(N(CCO)CC(F)F)nc(CC)n1. The second-order valence-corrected chi connectivity index (χ2v) is 4.37. The number of aliphatic hydroxyl groups excluding tert-OH is 1. The Bertz CT molecular complexity index is 404. The molecule has 114 valence electrons. The summed E-state index contributed by atoms with van der Waals surface area (Å²) < 4.78 is 25.2. The van der Waals surface area contributed by atoms with E-state index in [4.69, 9.17) is 5.11 Å². The molecule has 0 saturated heterocycles. The van der Waals surface area contributed by atoms with Gasteiger partial charge in [-0.15, -0.1) is 0 Å². The number of aliphatic hydroxyl groups is 1. The van der Waals surface area contributed by atoms with Crippen LogP contribution in [0.3, 0.4) is 0 Å². The van der Waals surface area contributed by atoms with Gasteiger partial charge in [0.25, 0.3) is 6.43 Å². The largest absolute Gasteiger partial charge is 0.395 e. The first-order valence-corrected chi connectivity index (χ1v) is 6.86. The van der Waals surface area contributed by atoms with Crippen molar-refractivity contribution in [2.75, 3.05) is 36.5 Å². The molecule has 1 rings (SSSR count). The van der Waals surface area contributed by atoms with Crippen molar-refractivity contribution in [3.05, 3.63) is 11.9 Å². The van der Waals surface area contributed by atoms with Crippen LogP contribution in [0.5, 0.6) is 0 Å². The van der Waals surface area contributed by atoms with E-state index in [1.807, 2.05) is 13.8 Å². The Hall–Kier alpha value is -1.50. The van der Waals surface area contributed by atoms with Gasteiger partial charge in [-0.3, -0.25) is 0 Å². The summed E-state index contributed by atoms with van der Waals surface area (Å²) in [6.45, 7) is 4.17. The van der Waals surface area contributed by atoms with Gasteiger partial charge in [-0.1, -0.05) is 13.8 Å². The van der Waals surface area contributed by atoms with Gasteiger partial charge in [0, 0.05) is 25.6 Å². The Morgan fingerprint density at radius 1 is 1.35 bits per heavy atom. The van der Waals surface area contributed by atoms with Crippen LogP contribution >= 0.6 is 0 Å². The van der Waals surface area contributed by atoms with Crippen molar-refractivity contribution < 1.29 is 13.9 Å². The summed E-state index contributed by atoms with van der Waals surface area (Å²) >= 11 is 0. The number of hydrogen-bond acceptors (Lipinski definition) is 5. The normalized spacial score (nSPS) is 10.9. The predicted molar refractivity (Wildman–Crippen MR) is 75.5 cm³/mol. The lowest BCUT2D eigenvalue weighted by atomic mass is 10.3. The zero-order valence-corrected chi connectivity index (χ0v) is 11.9. The van der Waals surface area contributed by atoms with Crippen molar-refractivity contribution in [1.82, 2.24) is 9.97 Å². The van der Waals surface area contributed by atoms with Crippen molar-refractivity contribution in [1.29, 1.82) is 0 Å². The van der Waals surface area contributed by atoms with Crippen LogP contribution in [0.2, 0.25) is 0 Å². The molecule has 0 aliphatic heterocycles.